The van der Waals surface area contributed by atoms with Crippen LogP contribution >= 0.6 is 11.3 Å². The molecule has 140 valence electrons. The van der Waals surface area contributed by atoms with Crippen molar-refractivity contribution in [3.63, 3.8) is 0 Å². The first-order valence-corrected chi connectivity index (χ1v) is 9.53. The molecule has 0 unspecified atom stereocenters. The van der Waals surface area contributed by atoms with Gasteiger partial charge < -0.3 is 15.6 Å². The van der Waals surface area contributed by atoms with E-state index in [4.69, 9.17) is 10.7 Å². The monoisotopic (exact) mass is 390 g/mol. The number of imidazole rings is 1. The number of amides is 2. The Morgan fingerprint density at radius 1 is 1.00 bits per heavy atom. The van der Waals surface area contributed by atoms with Crippen LogP contribution < -0.4 is 11.1 Å². The third-order valence-electron chi connectivity index (χ3n) is 4.56. The molecule has 0 saturated heterocycles. The minimum atomic E-state index is -0.543. The number of carbonyl (C=O) groups excluding carboxylic acids is 2. The van der Waals surface area contributed by atoms with E-state index >= 15 is 0 Å². The van der Waals surface area contributed by atoms with Crippen molar-refractivity contribution in [1.29, 1.82) is 0 Å². The van der Waals surface area contributed by atoms with Crippen LogP contribution in [0.15, 0.2) is 66.7 Å². The lowest BCUT2D eigenvalue weighted by Crippen LogP contribution is -2.30. The quantitative estimate of drug-likeness (QED) is 0.548. The zero-order valence-electron chi connectivity index (χ0n) is 15.1. The molecule has 0 bridgehead atoms. The van der Waals surface area contributed by atoms with Crippen molar-refractivity contribution in [2.75, 3.05) is 0 Å². The molecule has 3 N–H and O–H groups in total. The summed E-state index contributed by atoms with van der Waals surface area (Å²) in [5.74, 6) is -0.0927. The molecule has 0 radical (unpaired) electrons. The smallest absolute Gasteiger partial charge is 0.262 e. The van der Waals surface area contributed by atoms with Crippen LogP contribution in [0.4, 0.5) is 0 Å². The van der Waals surface area contributed by atoms with E-state index in [0.717, 1.165) is 33.8 Å². The Hall–Kier alpha value is -3.45. The average molecular weight is 390 g/mol. The van der Waals surface area contributed by atoms with Crippen LogP contribution in [0.1, 0.15) is 36.8 Å². The van der Waals surface area contributed by atoms with Gasteiger partial charge in [0, 0.05) is 7.05 Å². The Kier molecular flexibility index (Phi) is 4.67. The van der Waals surface area contributed by atoms with Gasteiger partial charge in [-0.05, 0) is 29.8 Å². The number of nitrogens with two attached hydrogens (primary N) is 1. The summed E-state index contributed by atoms with van der Waals surface area (Å²) in [7, 11) is 1.93. The van der Waals surface area contributed by atoms with Crippen molar-refractivity contribution in [3.8, 4) is 0 Å². The fourth-order valence-corrected chi connectivity index (χ4v) is 3.92. The molecular formula is C21H18N4O2S. The van der Waals surface area contributed by atoms with Crippen molar-refractivity contribution in [2.45, 2.75) is 6.04 Å². The fraction of sp³-hybridized carbons (Fsp3) is 0.0952. The second-order valence-corrected chi connectivity index (χ2v) is 7.45. The molecule has 0 aliphatic rings. The van der Waals surface area contributed by atoms with Crippen molar-refractivity contribution in [2.24, 2.45) is 12.8 Å². The lowest BCUT2D eigenvalue weighted by atomic mass is 10.1. The third kappa shape index (κ3) is 3.27. The zero-order valence-corrected chi connectivity index (χ0v) is 15.9. The van der Waals surface area contributed by atoms with Gasteiger partial charge in [-0.2, -0.15) is 0 Å². The number of rotatable bonds is 5. The molecule has 1 atom stereocenters. The highest BCUT2D eigenvalue weighted by Crippen LogP contribution is 2.26. The number of primary amides is 1. The highest BCUT2D eigenvalue weighted by atomic mass is 32.1. The Balaban J connectivity index is 1.74. The minimum absolute atomic E-state index is 0.279. The Bertz CT molecular complexity index is 1160. The summed E-state index contributed by atoms with van der Waals surface area (Å²) in [4.78, 5) is 29.7. The number of nitrogens with one attached hydrogen (secondary N) is 1. The van der Waals surface area contributed by atoms with E-state index in [-0.39, 0.29) is 5.91 Å². The second kappa shape index (κ2) is 7.28. The van der Waals surface area contributed by atoms with Gasteiger partial charge in [0.2, 0.25) is 0 Å². The number of nitrogens with zero attached hydrogens (tertiary/aromatic N) is 2. The number of para-hydroxylation sites is 2. The molecule has 4 rings (SSSR count). The van der Waals surface area contributed by atoms with Gasteiger partial charge in [0.1, 0.15) is 11.9 Å². The average Bonchev–Trinajstić information content (AvgIpc) is 3.33. The number of hydrogen-bond acceptors (Lipinski definition) is 4. The summed E-state index contributed by atoms with van der Waals surface area (Å²) in [5, 5.41) is 3.06. The van der Waals surface area contributed by atoms with E-state index in [1.165, 1.54) is 0 Å². The molecule has 2 aromatic carbocycles. The highest BCUT2D eigenvalue weighted by molar-refractivity contribution is 7.15. The SMILES string of the molecule is Cn1c([C@@H](NC(=O)c2ccc(C(N)=O)s2)c2ccccc2)nc2ccccc21. The van der Waals surface area contributed by atoms with Gasteiger partial charge in [0.25, 0.3) is 11.8 Å². The molecule has 7 heteroatoms. The molecule has 2 heterocycles. The second-order valence-electron chi connectivity index (χ2n) is 6.36. The molecule has 0 saturated carbocycles. The lowest BCUT2D eigenvalue weighted by molar-refractivity contribution is 0.0944. The summed E-state index contributed by atoms with van der Waals surface area (Å²) in [5.41, 5.74) is 8.07. The molecule has 0 aliphatic heterocycles. The number of thiophene rings is 1. The normalized spacial score (nSPS) is 12.0. The van der Waals surface area contributed by atoms with E-state index in [0.29, 0.717) is 9.75 Å². The summed E-state index contributed by atoms with van der Waals surface area (Å²) < 4.78 is 1.98. The first kappa shape index (κ1) is 17.9. The Morgan fingerprint density at radius 2 is 1.68 bits per heavy atom. The van der Waals surface area contributed by atoms with Gasteiger partial charge in [0.05, 0.1) is 20.8 Å². The fourth-order valence-electron chi connectivity index (χ4n) is 3.16. The Labute approximate surface area is 165 Å². The summed E-state index contributed by atoms with van der Waals surface area (Å²) >= 11 is 1.08. The number of hydrogen-bond donors (Lipinski definition) is 2. The van der Waals surface area contributed by atoms with E-state index in [1.807, 2.05) is 66.2 Å². The van der Waals surface area contributed by atoms with Crippen molar-refractivity contribution in [1.82, 2.24) is 14.9 Å². The van der Waals surface area contributed by atoms with Crippen LogP contribution in [0.5, 0.6) is 0 Å². The van der Waals surface area contributed by atoms with E-state index in [2.05, 4.69) is 5.32 Å². The summed E-state index contributed by atoms with van der Waals surface area (Å²) in [6, 6.07) is 20.2. The summed E-state index contributed by atoms with van der Waals surface area (Å²) in [6.45, 7) is 0. The maximum Gasteiger partial charge on any atom is 0.262 e. The zero-order chi connectivity index (χ0) is 19.7. The first-order chi connectivity index (χ1) is 13.5. The van der Waals surface area contributed by atoms with Crippen LogP contribution in [-0.4, -0.2) is 21.4 Å². The van der Waals surface area contributed by atoms with Crippen LogP contribution in [0.2, 0.25) is 0 Å². The molecule has 0 aliphatic carbocycles. The molecular weight excluding hydrogens is 372 g/mol. The van der Waals surface area contributed by atoms with Gasteiger partial charge in [0.15, 0.2) is 0 Å². The molecule has 2 amide bonds. The Morgan fingerprint density at radius 3 is 2.36 bits per heavy atom. The molecule has 28 heavy (non-hydrogen) atoms. The number of benzene rings is 2. The summed E-state index contributed by atoms with van der Waals surface area (Å²) in [6.07, 6.45) is 0. The number of carbonyl (C=O) groups is 2. The largest absolute Gasteiger partial charge is 0.365 e. The maximum absolute atomic E-state index is 12.9. The van der Waals surface area contributed by atoms with Crippen molar-refractivity contribution < 1.29 is 9.59 Å². The topological polar surface area (TPSA) is 90.0 Å². The third-order valence-corrected chi connectivity index (χ3v) is 5.66. The first-order valence-electron chi connectivity index (χ1n) is 8.71. The van der Waals surface area contributed by atoms with Gasteiger partial charge >= 0.3 is 0 Å². The number of aryl methyl sites for hydroxylation is 1. The number of aromatic nitrogens is 2. The predicted octanol–water partition coefficient (Wildman–Crippen LogP) is 3.25. The number of fused-ring (bicyclic) bond motifs is 1. The lowest BCUT2D eigenvalue weighted by Gasteiger charge is -2.19. The predicted molar refractivity (Wildman–Crippen MR) is 109 cm³/mol. The molecule has 2 aromatic heterocycles. The van der Waals surface area contributed by atoms with Gasteiger partial charge in [-0.1, -0.05) is 42.5 Å². The molecule has 0 fully saturated rings. The van der Waals surface area contributed by atoms with Gasteiger partial charge in [-0.3, -0.25) is 9.59 Å². The van der Waals surface area contributed by atoms with Gasteiger partial charge in [-0.15, -0.1) is 11.3 Å². The molecule has 4 aromatic rings. The molecule has 0 spiro atoms. The van der Waals surface area contributed by atoms with Crippen LogP contribution in [0, 0.1) is 0 Å². The maximum atomic E-state index is 12.9. The minimum Gasteiger partial charge on any atom is -0.365 e. The van der Waals surface area contributed by atoms with Crippen LogP contribution in [-0.2, 0) is 7.05 Å². The van der Waals surface area contributed by atoms with Gasteiger partial charge in [-0.25, -0.2) is 4.98 Å². The highest BCUT2D eigenvalue weighted by Gasteiger charge is 2.24. The van der Waals surface area contributed by atoms with Crippen LogP contribution in [0.25, 0.3) is 11.0 Å². The van der Waals surface area contributed by atoms with E-state index in [1.54, 1.807) is 12.1 Å². The molecule has 6 nitrogen and oxygen atoms in total. The van der Waals surface area contributed by atoms with Crippen molar-refractivity contribution in [3.05, 3.63) is 87.9 Å². The van der Waals surface area contributed by atoms with Crippen molar-refractivity contribution >= 4 is 34.2 Å². The van der Waals surface area contributed by atoms with E-state index < -0.39 is 11.9 Å². The van der Waals surface area contributed by atoms with E-state index in [9.17, 15) is 9.59 Å². The van der Waals surface area contributed by atoms with Crippen LogP contribution in [0.3, 0.4) is 0 Å². The standard InChI is InChI=1S/C21H18N4O2S/c1-25-15-10-6-5-9-14(15)23-20(25)18(13-7-3-2-4-8-13)24-21(27)17-12-11-16(28-17)19(22)26/h2-12,18H,1H3,(H2,22,26)(H,24,27)/t18-/m0/s1.